The minimum absolute atomic E-state index is 1.03. The molecule has 0 bridgehead atoms. The molecule has 1 aromatic rings. The predicted molar refractivity (Wildman–Crippen MR) is 63.4 cm³/mol. The maximum Gasteiger partial charge on any atom is 0.116 e. The molecule has 0 unspecified atom stereocenters. The smallest absolute Gasteiger partial charge is 0.116 e. The number of hydrogen-bond acceptors (Lipinski definition) is 2. The Morgan fingerprint density at radius 1 is 1.46 bits per heavy atom. The molecule has 0 spiro atoms. The Morgan fingerprint density at radius 3 is 2.85 bits per heavy atom. The third-order valence-electron chi connectivity index (χ3n) is 1.77. The highest BCUT2D eigenvalue weighted by Crippen LogP contribution is 2.13. The second-order valence-corrected chi connectivity index (χ2v) is 3.88. The molecule has 2 nitrogen and oxygen atoms in total. The van der Waals surface area contributed by atoms with E-state index in [0.717, 1.165) is 21.4 Å². The zero-order valence-corrected chi connectivity index (χ0v) is 10.1. The number of nitrogens with zero attached hydrogens (tertiary/aromatic N) is 2. The fourth-order valence-corrected chi connectivity index (χ4v) is 1.71. The summed E-state index contributed by atoms with van der Waals surface area (Å²) in [6.45, 7) is 4.18. The Labute approximate surface area is 92.6 Å². The molecule has 0 amide bonds. The Balaban J connectivity index is 2.87. The first-order chi connectivity index (χ1) is 6.25. The predicted octanol–water partition coefficient (Wildman–Crippen LogP) is 3.20. The third kappa shape index (κ3) is 3.06. The fourth-order valence-electron chi connectivity index (χ4n) is 1.01. The van der Waals surface area contributed by atoms with E-state index in [9.17, 15) is 0 Å². The number of aromatic nitrogens is 2. The number of rotatable bonds is 3. The van der Waals surface area contributed by atoms with E-state index in [-0.39, 0.29) is 0 Å². The Hall–Kier alpha value is -0.450. The summed E-state index contributed by atoms with van der Waals surface area (Å²) in [5.41, 5.74) is 2.20. The highest BCUT2D eigenvalue weighted by atomic mass is 127. The SMILES string of the molecule is CCC/C=C\c1c(C)ncnc1I. The summed E-state index contributed by atoms with van der Waals surface area (Å²) in [6.07, 6.45) is 8.19. The highest BCUT2D eigenvalue weighted by molar-refractivity contribution is 14.1. The molecule has 0 saturated heterocycles. The van der Waals surface area contributed by atoms with Crippen LogP contribution in [0.4, 0.5) is 0 Å². The van der Waals surface area contributed by atoms with Crippen LogP contribution in [0.15, 0.2) is 12.4 Å². The van der Waals surface area contributed by atoms with Gasteiger partial charge in [-0.2, -0.15) is 0 Å². The van der Waals surface area contributed by atoms with Gasteiger partial charge in [-0.25, -0.2) is 9.97 Å². The van der Waals surface area contributed by atoms with Crippen molar-refractivity contribution in [3.8, 4) is 0 Å². The first-order valence-electron chi connectivity index (χ1n) is 4.39. The molecule has 1 aromatic heterocycles. The average Bonchev–Trinajstić information content (AvgIpc) is 2.10. The molecule has 0 aromatic carbocycles. The standard InChI is InChI=1S/C10H13IN2/c1-3-4-5-6-9-8(2)12-7-13-10(9)11/h5-7H,3-4H2,1-2H3/b6-5-. The fraction of sp³-hybridized carbons (Fsp3) is 0.400. The minimum atomic E-state index is 1.03. The van der Waals surface area contributed by atoms with E-state index in [4.69, 9.17) is 0 Å². The zero-order chi connectivity index (χ0) is 9.68. The minimum Gasteiger partial charge on any atom is -0.241 e. The van der Waals surface area contributed by atoms with Crippen molar-refractivity contribution in [3.05, 3.63) is 27.4 Å². The van der Waals surface area contributed by atoms with Crippen LogP contribution < -0.4 is 0 Å². The van der Waals surface area contributed by atoms with Gasteiger partial charge in [-0.3, -0.25) is 0 Å². The number of halogens is 1. The van der Waals surface area contributed by atoms with Gasteiger partial charge in [0.05, 0.1) is 0 Å². The monoisotopic (exact) mass is 288 g/mol. The first kappa shape index (κ1) is 10.6. The lowest BCUT2D eigenvalue weighted by atomic mass is 10.2. The lowest BCUT2D eigenvalue weighted by Gasteiger charge is -2.00. The summed E-state index contributed by atoms with van der Waals surface area (Å²) in [6, 6.07) is 0. The lowest BCUT2D eigenvalue weighted by Crippen LogP contribution is -1.93. The second-order valence-electron chi connectivity index (χ2n) is 2.85. The van der Waals surface area contributed by atoms with Crippen molar-refractivity contribution in [1.82, 2.24) is 9.97 Å². The van der Waals surface area contributed by atoms with E-state index < -0.39 is 0 Å². The Morgan fingerprint density at radius 2 is 2.23 bits per heavy atom. The van der Waals surface area contributed by atoms with Crippen LogP contribution in [0.2, 0.25) is 0 Å². The van der Waals surface area contributed by atoms with E-state index in [1.807, 2.05) is 6.92 Å². The van der Waals surface area contributed by atoms with E-state index in [1.165, 1.54) is 6.42 Å². The van der Waals surface area contributed by atoms with Crippen molar-refractivity contribution in [3.63, 3.8) is 0 Å². The van der Waals surface area contributed by atoms with Crippen molar-refractivity contribution in [1.29, 1.82) is 0 Å². The molecule has 0 aliphatic rings. The maximum atomic E-state index is 4.15. The van der Waals surface area contributed by atoms with Gasteiger partial charge in [-0.15, -0.1) is 0 Å². The van der Waals surface area contributed by atoms with Gasteiger partial charge in [-0.05, 0) is 35.9 Å². The molecule has 70 valence electrons. The van der Waals surface area contributed by atoms with Crippen LogP contribution in [-0.2, 0) is 0 Å². The normalized spacial score (nSPS) is 11.0. The largest absolute Gasteiger partial charge is 0.241 e. The summed E-state index contributed by atoms with van der Waals surface area (Å²) >= 11 is 2.24. The molecule has 0 N–H and O–H groups in total. The van der Waals surface area contributed by atoms with Gasteiger partial charge in [0.1, 0.15) is 10.0 Å². The summed E-state index contributed by atoms with van der Waals surface area (Å²) < 4.78 is 1.03. The third-order valence-corrected chi connectivity index (χ3v) is 2.63. The number of unbranched alkanes of at least 4 members (excludes halogenated alkanes) is 1. The molecule has 1 heterocycles. The maximum absolute atomic E-state index is 4.15. The second kappa shape index (κ2) is 5.32. The van der Waals surface area contributed by atoms with Crippen molar-refractivity contribution >= 4 is 28.7 Å². The molecule has 0 fully saturated rings. The highest BCUT2D eigenvalue weighted by Gasteiger charge is 2.00. The number of aryl methyl sites for hydroxylation is 1. The van der Waals surface area contributed by atoms with Crippen LogP contribution in [-0.4, -0.2) is 9.97 Å². The van der Waals surface area contributed by atoms with Crippen LogP contribution in [0, 0.1) is 10.6 Å². The quantitative estimate of drug-likeness (QED) is 0.630. The molecule has 0 aliphatic carbocycles. The molecular formula is C10H13IN2. The molecule has 0 aliphatic heterocycles. The molecule has 3 heteroatoms. The van der Waals surface area contributed by atoms with Crippen molar-refractivity contribution < 1.29 is 0 Å². The van der Waals surface area contributed by atoms with E-state index in [0.29, 0.717) is 0 Å². The van der Waals surface area contributed by atoms with Crippen molar-refractivity contribution in [2.24, 2.45) is 0 Å². The summed E-state index contributed by atoms with van der Waals surface area (Å²) in [5.74, 6) is 0. The van der Waals surface area contributed by atoms with Gasteiger partial charge in [0.15, 0.2) is 0 Å². The topological polar surface area (TPSA) is 25.8 Å². The van der Waals surface area contributed by atoms with Gasteiger partial charge in [0.25, 0.3) is 0 Å². The molecule has 0 saturated carbocycles. The van der Waals surface area contributed by atoms with Crippen molar-refractivity contribution in [2.75, 3.05) is 0 Å². The van der Waals surface area contributed by atoms with Gasteiger partial charge < -0.3 is 0 Å². The van der Waals surface area contributed by atoms with Crippen LogP contribution in [0.5, 0.6) is 0 Å². The Bertz CT molecular complexity index is 288. The van der Waals surface area contributed by atoms with Gasteiger partial charge >= 0.3 is 0 Å². The van der Waals surface area contributed by atoms with E-state index in [2.05, 4.69) is 51.6 Å². The van der Waals surface area contributed by atoms with Crippen molar-refractivity contribution in [2.45, 2.75) is 26.7 Å². The van der Waals surface area contributed by atoms with Gasteiger partial charge in [0, 0.05) is 11.3 Å². The molecular weight excluding hydrogens is 275 g/mol. The van der Waals surface area contributed by atoms with Crippen LogP contribution in [0.1, 0.15) is 31.0 Å². The first-order valence-corrected chi connectivity index (χ1v) is 5.47. The average molecular weight is 288 g/mol. The number of hydrogen-bond donors (Lipinski definition) is 0. The van der Waals surface area contributed by atoms with Gasteiger partial charge in [-0.1, -0.05) is 25.5 Å². The summed E-state index contributed by atoms with van der Waals surface area (Å²) in [7, 11) is 0. The van der Waals surface area contributed by atoms with Gasteiger partial charge in [0.2, 0.25) is 0 Å². The zero-order valence-electron chi connectivity index (χ0n) is 7.92. The Kier molecular flexibility index (Phi) is 4.35. The lowest BCUT2D eigenvalue weighted by molar-refractivity contribution is 0.961. The number of allylic oxidation sites excluding steroid dienone is 1. The molecule has 0 radical (unpaired) electrons. The van der Waals surface area contributed by atoms with Crippen LogP contribution in [0.3, 0.4) is 0 Å². The molecule has 13 heavy (non-hydrogen) atoms. The van der Waals surface area contributed by atoms with Crippen LogP contribution in [0.25, 0.3) is 6.08 Å². The van der Waals surface area contributed by atoms with E-state index >= 15 is 0 Å². The molecule has 0 atom stereocenters. The van der Waals surface area contributed by atoms with E-state index in [1.54, 1.807) is 6.33 Å². The summed E-state index contributed by atoms with van der Waals surface area (Å²) in [5, 5.41) is 0. The summed E-state index contributed by atoms with van der Waals surface area (Å²) in [4.78, 5) is 8.29. The molecule has 1 rings (SSSR count). The van der Waals surface area contributed by atoms with Crippen LogP contribution >= 0.6 is 22.6 Å².